The van der Waals surface area contributed by atoms with Gasteiger partial charge in [0.05, 0.1) is 22.9 Å². The van der Waals surface area contributed by atoms with Crippen LogP contribution >= 0.6 is 11.6 Å². The van der Waals surface area contributed by atoms with E-state index < -0.39 is 16.1 Å². The van der Waals surface area contributed by atoms with Crippen molar-refractivity contribution in [3.63, 3.8) is 0 Å². The lowest BCUT2D eigenvalue weighted by molar-refractivity contribution is 0.0697. The summed E-state index contributed by atoms with van der Waals surface area (Å²) < 4.78 is 32.0. The maximum absolute atomic E-state index is 11.3. The molecule has 0 heterocycles. The molecule has 2 N–H and O–H groups in total. The van der Waals surface area contributed by atoms with Crippen LogP contribution in [0.3, 0.4) is 0 Å². The minimum absolute atomic E-state index is 0.0128. The van der Waals surface area contributed by atoms with Crippen LogP contribution in [0.1, 0.15) is 15.9 Å². The predicted molar refractivity (Wildman–Crippen MR) is 76.9 cm³/mol. The summed E-state index contributed by atoms with van der Waals surface area (Å²) in [5.74, 6) is -1.32. The Labute approximate surface area is 127 Å². The van der Waals surface area contributed by atoms with Crippen molar-refractivity contribution in [2.24, 2.45) is 0 Å². The maximum atomic E-state index is 11.3. The Morgan fingerprint density at radius 3 is 2.71 bits per heavy atom. The topological polar surface area (TPSA) is 102 Å². The number of halogens is 1. The number of carbonyl (C=O) groups is 1. The van der Waals surface area contributed by atoms with Crippen LogP contribution in [0.25, 0.3) is 0 Å². The molecule has 7 nitrogen and oxygen atoms in total. The van der Waals surface area contributed by atoms with Crippen molar-refractivity contribution in [2.75, 3.05) is 26.2 Å². The molecule has 0 saturated heterocycles. The number of carboxylic acid groups (broad SMARTS) is 1. The van der Waals surface area contributed by atoms with E-state index in [1.165, 1.54) is 19.2 Å². The molecular weight excluding hydrogens is 322 g/mol. The highest BCUT2D eigenvalue weighted by Crippen LogP contribution is 2.17. The van der Waals surface area contributed by atoms with E-state index >= 15 is 0 Å². The highest BCUT2D eigenvalue weighted by molar-refractivity contribution is 7.86. The van der Waals surface area contributed by atoms with Crippen molar-refractivity contribution in [3.05, 3.63) is 34.3 Å². The van der Waals surface area contributed by atoms with Crippen LogP contribution in [0.5, 0.6) is 0 Å². The second kappa shape index (κ2) is 8.30. The van der Waals surface area contributed by atoms with Gasteiger partial charge in [-0.1, -0.05) is 17.7 Å². The molecule has 0 bridgehead atoms. The van der Waals surface area contributed by atoms with E-state index in [2.05, 4.69) is 10.1 Å². The Hall–Kier alpha value is -1.19. The molecule has 0 fully saturated rings. The lowest BCUT2D eigenvalue weighted by Crippen LogP contribution is -2.23. The predicted octanol–water partition coefficient (Wildman–Crippen LogP) is 1.08. The van der Waals surface area contributed by atoms with Gasteiger partial charge in [-0.15, -0.1) is 0 Å². The van der Waals surface area contributed by atoms with E-state index in [1.54, 1.807) is 6.07 Å². The van der Waals surface area contributed by atoms with Gasteiger partial charge in [0.15, 0.2) is 0 Å². The molecule has 1 aromatic carbocycles. The Kier molecular flexibility index (Phi) is 7.06. The SMILES string of the molecule is COCCS(=O)(=O)OCNCc1ccc(C(=O)O)c(Cl)c1. The lowest BCUT2D eigenvalue weighted by Gasteiger charge is -2.08. The molecule has 1 rings (SSSR count). The zero-order valence-corrected chi connectivity index (χ0v) is 12.9. The van der Waals surface area contributed by atoms with Crippen molar-refractivity contribution >= 4 is 27.7 Å². The van der Waals surface area contributed by atoms with Crippen LogP contribution in [0.4, 0.5) is 0 Å². The largest absolute Gasteiger partial charge is 0.478 e. The summed E-state index contributed by atoms with van der Waals surface area (Å²) in [5.41, 5.74) is 0.724. The molecule has 0 amide bonds. The Morgan fingerprint density at radius 2 is 2.14 bits per heavy atom. The number of benzene rings is 1. The van der Waals surface area contributed by atoms with Crippen molar-refractivity contribution in [2.45, 2.75) is 6.54 Å². The number of ether oxygens (including phenoxy) is 1. The van der Waals surface area contributed by atoms with Gasteiger partial charge in [-0.2, -0.15) is 8.42 Å². The highest BCUT2D eigenvalue weighted by Gasteiger charge is 2.11. The molecule has 1 aromatic rings. The first-order valence-electron chi connectivity index (χ1n) is 5.94. The van der Waals surface area contributed by atoms with Crippen molar-refractivity contribution in [1.82, 2.24) is 5.32 Å². The number of nitrogens with one attached hydrogen (secondary N) is 1. The molecule has 118 valence electrons. The normalized spacial score (nSPS) is 11.5. The molecule has 0 aromatic heterocycles. The third kappa shape index (κ3) is 6.40. The second-order valence-electron chi connectivity index (χ2n) is 4.06. The second-order valence-corrected chi connectivity index (χ2v) is 6.23. The third-order valence-corrected chi connectivity index (χ3v) is 3.93. The number of hydrogen-bond acceptors (Lipinski definition) is 6. The molecular formula is C12H16ClNO6S. The van der Waals surface area contributed by atoms with Crippen molar-refractivity contribution in [1.29, 1.82) is 0 Å². The van der Waals surface area contributed by atoms with E-state index in [-0.39, 0.29) is 29.7 Å². The molecule has 0 radical (unpaired) electrons. The van der Waals surface area contributed by atoms with Crippen molar-refractivity contribution in [3.8, 4) is 0 Å². The molecule has 0 atom stereocenters. The van der Waals surface area contributed by atoms with Gasteiger partial charge in [0.1, 0.15) is 6.73 Å². The number of carboxylic acids is 1. The molecule has 0 aliphatic rings. The summed E-state index contributed by atoms with van der Waals surface area (Å²) in [6, 6.07) is 4.47. The fourth-order valence-corrected chi connectivity index (χ4v) is 2.45. The quantitative estimate of drug-likeness (QED) is 0.395. The van der Waals surface area contributed by atoms with E-state index in [9.17, 15) is 13.2 Å². The summed E-state index contributed by atoms with van der Waals surface area (Å²) in [5, 5.41) is 11.7. The van der Waals surface area contributed by atoms with Crippen LogP contribution in [0.15, 0.2) is 18.2 Å². The van der Waals surface area contributed by atoms with Gasteiger partial charge in [0.25, 0.3) is 10.1 Å². The van der Waals surface area contributed by atoms with Gasteiger partial charge in [0, 0.05) is 13.7 Å². The maximum Gasteiger partial charge on any atom is 0.337 e. The monoisotopic (exact) mass is 337 g/mol. The highest BCUT2D eigenvalue weighted by atomic mass is 35.5. The number of methoxy groups -OCH3 is 1. The number of hydrogen-bond donors (Lipinski definition) is 2. The Balaban J connectivity index is 2.43. The lowest BCUT2D eigenvalue weighted by atomic mass is 10.1. The van der Waals surface area contributed by atoms with Crippen LogP contribution in [-0.2, 0) is 25.6 Å². The van der Waals surface area contributed by atoms with Gasteiger partial charge in [-0.05, 0) is 17.7 Å². The van der Waals surface area contributed by atoms with E-state index in [1.807, 2.05) is 0 Å². The molecule has 0 unspecified atom stereocenters. The zero-order chi connectivity index (χ0) is 15.9. The fourth-order valence-electron chi connectivity index (χ4n) is 1.41. The fraction of sp³-hybridized carbons (Fsp3) is 0.417. The van der Waals surface area contributed by atoms with Crippen LogP contribution in [0, 0.1) is 0 Å². The van der Waals surface area contributed by atoms with Gasteiger partial charge in [-0.25, -0.2) is 4.79 Å². The number of aromatic carboxylic acids is 1. The first kappa shape index (κ1) is 17.9. The van der Waals surface area contributed by atoms with Gasteiger partial charge >= 0.3 is 5.97 Å². The first-order valence-corrected chi connectivity index (χ1v) is 7.89. The van der Waals surface area contributed by atoms with Crippen LogP contribution < -0.4 is 5.32 Å². The summed E-state index contributed by atoms with van der Waals surface area (Å²) in [6.07, 6.45) is 0. The van der Waals surface area contributed by atoms with Crippen LogP contribution in [-0.4, -0.2) is 45.7 Å². The van der Waals surface area contributed by atoms with Gasteiger partial charge < -0.3 is 9.84 Å². The Morgan fingerprint density at radius 1 is 1.43 bits per heavy atom. The van der Waals surface area contributed by atoms with E-state index in [0.717, 1.165) is 0 Å². The molecule has 0 spiro atoms. The molecule has 9 heteroatoms. The Bertz CT molecular complexity index is 589. The first-order chi connectivity index (χ1) is 9.85. The summed E-state index contributed by atoms with van der Waals surface area (Å²) >= 11 is 5.82. The minimum Gasteiger partial charge on any atom is -0.478 e. The smallest absolute Gasteiger partial charge is 0.337 e. The average molecular weight is 338 g/mol. The van der Waals surface area contributed by atoms with Crippen molar-refractivity contribution < 1.29 is 27.2 Å². The van der Waals surface area contributed by atoms with Gasteiger partial charge in [-0.3, -0.25) is 9.50 Å². The minimum atomic E-state index is -3.62. The number of rotatable bonds is 9. The zero-order valence-electron chi connectivity index (χ0n) is 11.3. The van der Waals surface area contributed by atoms with Gasteiger partial charge in [0.2, 0.25) is 0 Å². The summed E-state index contributed by atoms with van der Waals surface area (Å²) in [7, 11) is -2.21. The third-order valence-electron chi connectivity index (χ3n) is 2.47. The van der Waals surface area contributed by atoms with E-state index in [4.69, 9.17) is 20.9 Å². The average Bonchev–Trinajstić information content (AvgIpc) is 2.41. The molecule has 0 aliphatic heterocycles. The van der Waals surface area contributed by atoms with Crippen LogP contribution in [0.2, 0.25) is 5.02 Å². The molecule has 0 saturated carbocycles. The molecule has 21 heavy (non-hydrogen) atoms. The summed E-state index contributed by atoms with van der Waals surface area (Å²) in [6.45, 7) is 0.165. The molecule has 0 aliphatic carbocycles. The summed E-state index contributed by atoms with van der Waals surface area (Å²) in [4.78, 5) is 10.8. The van der Waals surface area contributed by atoms with E-state index in [0.29, 0.717) is 12.1 Å². The standard InChI is InChI=1S/C12H16ClNO6S/c1-19-4-5-21(17,18)20-8-14-7-9-2-3-10(12(15)16)11(13)6-9/h2-3,6,14H,4-5,7-8H2,1H3,(H,15,16).